The lowest BCUT2D eigenvalue weighted by molar-refractivity contribution is 0.702. The van der Waals surface area contributed by atoms with Gasteiger partial charge in [0.25, 0.3) is 0 Å². The van der Waals surface area contributed by atoms with Crippen molar-refractivity contribution in [3.63, 3.8) is 0 Å². The number of fused-ring (bicyclic) bond motifs is 1. The van der Waals surface area contributed by atoms with Crippen LogP contribution in [0.1, 0.15) is 18.3 Å². The van der Waals surface area contributed by atoms with Crippen LogP contribution in [0.3, 0.4) is 0 Å². The minimum atomic E-state index is 0. The Hall–Kier alpha value is -1.06. The number of aromatic amines is 1. The monoisotopic (exact) mass is 239 g/mol. The highest BCUT2D eigenvalue weighted by Gasteiger charge is 2.01. The maximum Gasteiger partial charge on any atom is 0.108 e. The highest BCUT2D eigenvalue weighted by molar-refractivity contribution is 5.85. The van der Waals surface area contributed by atoms with Gasteiger partial charge in [0.15, 0.2) is 0 Å². The second-order valence-electron chi connectivity index (χ2n) is 3.81. The minimum Gasteiger partial charge on any atom is -0.342 e. The Labute approximate surface area is 102 Å². The third-order valence-electron chi connectivity index (χ3n) is 2.48. The van der Waals surface area contributed by atoms with Crippen molar-refractivity contribution in [2.75, 3.05) is 13.1 Å². The first-order valence-electron chi connectivity index (χ1n) is 5.45. The van der Waals surface area contributed by atoms with E-state index >= 15 is 0 Å². The molecule has 0 atom stereocenters. The second kappa shape index (κ2) is 5.87. The molecular formula is C12H18ClN3. The number of rotatable bonds is 4. The van der Waals surface area contributed by atoms with Gasteiger partial charge in [-0.2, -0.15) is 0 Å². The molecule has 0 radical (unpaired) electrons. The summed E-state index contributed by atoms with van der Waals surface area (Å²) in [7, 11) is 0. The van der Waals surface area contributed by atoms with E-state index in [0.717, 1.165) is 36.4 Å². The van der Waals surface area contributed by atoms with Crippen LogP contribution in [-0.2, 0) is 6.42 Å². The van der Waals surface area contributed by atoms with Gasteiger partial charge in [-0.25, -0.2) is 4.98 Å². The normalized spacial score (nSPS) is 10.4. The molecule has 0 aliphatic carbocycles. The van der Waals surface area contributed by atoms with Gasteiger partial charge in [0.1, 0.15) is 5.82 Å². The van der Waals surface area contributed by atoms with Crippen LogP contribution in [0.15, 0.2) is 18.2 Å². The number of hydrogen-bond acceptors (Lipinski definition) is 2. The van der Waals surface area contributed by atoms with Crippen molar-refractivity contribution in [1.29, 1.82) is 0 Å². The number of likely N-dealkylation sites (N-methyl/N-ethyl adjacent to an activating group) is 1. The lowest BCUT2D eigenvalue weighted by Gasteiger charge is -1.96. The summed E-state index contributed by atoms with van der Waals surface area (Å²) in [5.41, 5.74) is 3.47. The highest BCUT2D eigenvalue weighted by Crippen LogP contribution is 2.13. The number of aryl methyl sites for hydroxylation is 1. The van der Waals surface area contributed by atoms with Crippen molar-refractivity contribution >= 4 is 23.4 Å². The smallest absolute Gasteiger partial charge is 0.108 e. The molecule has 88 valence electrons. The maximum absolute atomic E-state index is 4.53. The molecule has 0 aliphatic heterocycles. The number of H-pyrrole nitrogens is 1. The summed E-state index contributed by atoms with van der Waals surface area (Å²) in [5.74, 6) is 1.07. The summed E-state index contributed by atoms with van der Waals surface area (Å²) >= 11 is 0. The molecule has 2 aromatic rings. The van der Waals surface area contributed by atoms with E-state index in [2.05, 4.69) is 47.3 Å². The van der Waals surface area contributed by atoms with Gasteiger partial charge in [-0.3, -0.25) is 0 Å². The van der Waals surface area contributed by atoms with Crippen LogP contribution >= 0.6 is 12.4 Å². The summed E-state index contributed by atoms with van der Waals surface area (Å²) in [5, 5.41) is 3.29. The molecule has 2 N–H and O–H groups in total. The lowest BCUT2D eigenvalue weighted by atomic mass is 10.2. The van der Waals surface area contributed by atoms with Crippen molar-refractivity contribution < 1.29 is 0 Å². The highest BCUT2D eigenvalue weighted by atomic mass is 35.5. The Morgan fingerprint density at radius 3 is 2.94 bits per heavy atom. The molecule has 0 unspecified atom stereocenters. The zero-order valence-corrected chi connectivity index (χ0v) is 10.5. The van der Waals surface area contributed by atoms with Crippen LogP contribution in [0.25, 0.3) is 11.0 Å². The van der Waals surface area contributed by atoms with Crippen LogP contribution in [0, 0.1) is 6.92 Å². The van der Waals surface area contributed by atoms with Gasteiger partial charge in [0.2, 0.25) is 0 Å². The van der Waals surface area contributed by atoms with Crippen LogP contribution in [0.5, 0.6) is 0 Å². The molecule has 0 spiro atoms. The summed E-state index contributed by atoms with van der Waals surface area (Å²) < 4.78 is 0. The Kier molecular flexibility index (Phi) is 4.77. The number of aromatic nitrogens is 2. The van der Waals surface area contributed by atoms with Crippen molar-refractivity contribution in [2.24, 2.45) is 0 Å². The molecule has 2 rings (SSSR count). The van der Waals surface area contributed by atoms with Crippen LogP contribution < -0.4 is 5.32 Å². The first-order valence-corrected chi connectivity index (χ1v) is 5.45. The standard InChI is InChI=1S/C12H17N3.ClH/c1-3-13-7-6-12-14-10-5-4-9(2)8-11(10)15-12;/h4-5,8,13H,3,6-7H2,1-2H3,(H,14,15);1H. The number of hydrogen-bond donors (Lipinski definition) is 2. The zero-order chi connectivity index (χ0) is 10.7. The Balaban J connectivity index is 0.00000128. The summed E-state index contributed by atoms with van der Waals surface area (Å²) in [4.78, 5) is 7.87. The van der Waals surface area contributed by atoms with E-state index in [1.807, 2.05) is 0 Å². The number of nitrogens with zero attached hydrogens (tertiary/aromatic N) is 1. The molecule has 16 heavy (non-hydrogen) atoms. The Morgan fingerprint density at radius 2 is 2.19 bits per heavy atom. The number of imidazole rings is 1. The molecule has 1 aromatic heterocycles. The van der Waals surface area contributed by atoms with Crippen LogP contribution in [0.2, 0.25) is 0 Å². The van der Waals surface area contributed by atoms with Gasteiger partial charge < -0.3 is 10.3 Å². The predicted octanol–water partition coefficient (Wildman–Crippen LogP) is 2.45. The van der Waals surface area contributed by atoms with Gasteiger partial charge in [-0.05, 0) is 31.2 Å². The van der Waals surface area contributed by atoms with Gasteiger partial charge in [0, 0.05) is 13.0 Å². The van der Waals surface area contributed by atoms with Gasteiger partial charge in [-0.15, -0.1) is 12.4 Å². The van der Waals surface area contributed by atoms with Gasteiger partial charge in [0.05, 0.1) is 11.0 Å². The molecule has 0 fully saturated rings. The van der Waals surface area contributed by atoms with Crippen molar-refractivity contribution in [3.8, 4) is 0 Å². The average Bonchev–Trinajstić information content (AvgIpc) is 2.60. The number of halogens is 1. The molecule has 0 bridgehead atoms. The molecule has 4 heteroatoms. The molecular weight excluding hydrogens is 222 g/mol. The van der Waals surface area contributed by atoms with Crippen molar-refractivity contribution in [1.82, 2.24) is 15.3 Å². The molecule has 0 saturated heterocycles. The van der Waals surface area contributed by atoms with E-state index in [1.165, 1.54) is 5.56 Å². The fourth-order valence-electron chi connectivity index (χ4n) is 1.68. The first-order chi connectivity index (χ1) is 7.29. The fourth-order valence-corrected chi connectivity index (χ4v) is 1.68. The predicted molar refractivity (Wildman–Crippen MR) is 70.3 cm³/mol. The minimum absolute atomic E-state index is 0. The van der Waals surface area contributed by atoms with Crippen molar-refractivity contribution in [2.45, 2.75) is 20.3 Å². The van der Waals surface area contributed by atoms with E-state index in [4.69, 9.17) is 0 Å². The second-order valence-corrected chi connectivity index (χ2v) is 3.81. The summed E-state index contributed by atoms with van der Waals surface area (Å²) in [6.07, 6.45) is 0.960. The maximum atomic E-state index is 4.53. The lowest BCUT2D eigenvalue weighted by Crippen LogP contribution is -2.16. The molecule has 3 nitrogen and oxygen atoms in total. The van der Waals surface area contributed by atoms with Crippen LogP contribution in [-0.4, -0.2) is 23.1 Å². The summed E-state index contributed by atoms with van der Waals surface area (Å²) in [6.45, 7) is 6.20. The molecule has 1 heterocycles. The van der Waals surface area contributed by atoms with E-state index in [1.54, 1.807) is 0 Å². The third kappa shape index (κ3) is 2.97. The topological polar surface area (TPSA) is 40.7 Å². The van der Waals surface area contributed by atoms with E-state index < -0.39 is 0 Å². The molecule has 0 aliphatic rings. The van der Waals surface area contributed by atoms with Gasteiger partial charge >= 0.3 is 0 Å². The zero-order valence-electron chi connectivity index (χ0n) is 9.71. The first kappa shape index (κ1) is 13.0. The fraction of sp³-hybridized carbons (Fsp3) is 0.417. The number of benzene rings is 1. The largest absolute Gasteiger partial charge is 0.342 e. The van der Waals surface area contributed by atoms with E-state index in [-0.39, 0.29) is 12.4 Å². The molecule has 0 saturated carbocycles. The van der Waals surface area contributed by atoms with E-state index in [0.29, 0.717) is 0 Å². The number of nitrogens with one attached hydrogen (secondary N) is 2. The van der Waals surface area contributed by atoms with Crippen LogP contribution in [0.4, 0.5) is 0 Å². The Bertz CT molecular complexity index is 450. The molecule has 1 aromatic carbocycles. The molecule has 0 amide bonds. The van der Waals surface area contributed by atoms with E-state index in [9.17, 15) is 0 Å². The van der Waals surface area contributed by atoms with Crippen molar-refractivity contribution in [3.05, 3.63) is 29.6 Å². The quantitative estimate of drug-likeness (QED) is 0.805. The third-order valence-corrected chi connectivity index (χ3v) is 2.48. The van der Waals surface area contributed by atoms with Gasteiger partial charge in [-0.1, -0.05) is 13.0 Å². The summed E-state index contributed by atoms with van der Waals surface area (Å²) in [6, 6.07) is 6.30. The average molecular weight is 240 g/mol. The Morgan fingerprint density at radius 1 is 1.38 bits per heavy atom. The SMILES string of the molecule is CCNCCc1nc2ccc(C)cc2[nH]1.Cl.